The number of unbranched alkanes of at least 4 members (excludes halogenated alkanes) is 3. The molecule has 2 nitrogen and oxygen atoms in total. The van der Waals surface area contributed by atoms with E-state index in [1.165, 1.54) is 37.7 Å². The van der Waals surface area contributed by atoms with E-state index in [0.29, 0.717) is 0 Å². The van der Waals surface area contributed by atoms with Crippen molar-refractivity contribution in [2.75, 3.05) is 0 Å². The summed E-state index contributed by atoms with van der Waals surface area (Å²) in [5.41, 5.74) is 1.42. The molecular formula is C16H26O2. The molecular weight excluding hydrogens is 224 g/mol. The van der Waals surface area contributed by atoms with Gasteiger partial charge in [-0.1, -0.05) is 39.5 Å². The predicted octanol–water partition coefficient (Wildman–Crippen LogP) is 4.59. The van der Waals surface area contributed by atoms with Crippen molar-refractivity contribution in [2.45, 2.75) is 71.6 Å². The van der Waals surface area contributed by atoms with E-state index in [2.05, 4.69) is 6.92 Å². The zero-order valence-electron chi connectivity index (χ0n) is 11.8. The van der Waals surface area contributed by atoms with Crippen molar-refractivity contribution in [1.29, 1.82) is 0 Å². The molecule has 2 aliphatic carbocycles. The first-order chi connectivity index (χ1) is 8.70. The van der Waals surface area contributed by atoms with E-state index in [9.17, 15) is 4.79 Å². The van der Waals surface area contributed by atoms with Gasteiger partial charge in [0.05, 0.1) is 5.92 Å². The smallest absolute Gasteiger partial charge is 0.313 e. The minimum Gasteiger partial charge on any atom is -0.431 e. The maximum Gasteiger partial charge on any atom is 0.313 e. The maximum absolute atomic E-state index is 12.0. The highest BCUT2D eigenvalue weighted by Crippen LogP contribution is 2.44. The molecule has 1 fully saturated rings. The Morgan fingerprint density at radius 2 is 2.17 bits per heavy atom. The molecule has 0 aromatic carbocycles. The number of rotatable bonds is 7. The molecule has 0 N–H and O–H groups in total. The third-order valence-electron chi connectivity index (χ3n) is 4.37. The fourth-order valence-corrected chi connectivity index (χ4v) is 3.10. The van der Waals surface area contributed by atoms with Gasteiger partial charge in [0.25, 0.3) is 0 Å². The van der Waals surface area contributed by atoms with Gasteiger partial charge < -0.3 is 4.74 Å². The van der Waals surface area contributed by atoms with Crippen LogP contribution in [0.3, 0.4) is 0 Å². The third kappa shape index (κ3) is 3.37. The van der Waals surface area contributed by atoms with Crippen LogP contribution >= 0.6 is 0 Å². The van der Waals surface area contributed by atoms with Gasteiger partial charge in [0.15, 0.2) is 0 Å². The van der Waals surface area contributed by atoms with Crippen LogP contribution in [0.4, 0.5) is 0 Å². The number of ether oxygens (including phenoxy) is 1. The number of carbonyl (C=O) groups is 1. The minimum atomic E-state index is 0.00143. The Bertz CT molecular complexity index is 330. The summed E-state index contributed by atoms with van der Waals surface area (Å²) in [6.45, 7) is 4.22. The topological polar surface area (TPSA) is 26.3 Å². The normalized spacial score (nSPS) is 23.6. The lowest BCUT2D eigenvalue weighted by atomic mass is 10.0. The van der Waals surface area contributed by atoms with Crippen molar-refractivity contribution in [3.05, 3.63) is 11.3 Å². The van der Waals surface area contributed by atoms with Crippen molar-refractivity contribution in [3.63, 3.8) is 0 Å². The minimum absolute atomic E-state index is 0.00143. The van der Waals surface area contributed by atoms with Crippen LogP contribution in [-0.4, -0.2) is 5.97 Å². The second kappa shape index (κ2) is 6.40. The SMILES string of the molecule is CCCCCCC(C)C(=O)OC1=C2CCC(C2)C1. The summed E-state index contributed by atoms with van der Waals surface area (Å²) in [6, 6.07) is 0. The third-order valence-corrected chi connectivity index (χ3v) is 4.37. The van der Waals surface area contributed by atoms with E-state index in [1.54, 1.807) is 0 Å². The molecule has 0 amide bonds. The van der Waals surface area contributed by atoms with Gasteiger partial charge in [-0.2, -0.15) is 0 Å². The Morgan fingerprint density at radius 1 is 1.33 bits per heavy atom. The molecule has 2 rings (SSSR count). The number of hydrogen-bond donors (Lipinski definition) is 0. The molecule has 2 bridgehead atoms. The van der Waals surface area contributed by atoms with Gasteiger partial charge >= 0.3 is 5.97 Å². The molecule has 0 saturated heterocycles. The molecule has 0 radical (unpaired) electrons. The fourth-order valence-electron chi connectivity index (χ4n) is 3.10. The summed E-state index contributed by atoms with van der Waals surface area (Å²) < 4.78 is 5.60. The Hall–Kier alpha value is -0.790. The summed E-state index contributed by atoms with van der Waals surface area (Å²) in [5, 5.41) is 0. The Labute approximate surface area is 111 Å². The van der Waals surface area contributed by atoms with Gasteiger partial charge in [0, 0.05) is 6.42 Å². The summed E-state index contributed by atoms with van der Waals surface area (Å²) in [7, 11) is 0. The highest BCUT2D eigenvalue weighted by atomic mass is 16.5. The number of fused-ring (bicyclic) bond motifs is 2. The van der Waals surface area contributed by atoms with Crippen LogP contribution in [0.25, 0.3) is 0 Å². The van der Waals surface area contributed by atoms with E-state index in [0.717, 1.165) is 37.4 Å². The summed E-state index contributed by atoms with van der Waals surface area (Å²) in [4.78, 5) is 12.0. The summed E-state index contributed by atoms with van der Waals surface area (Å²) >= 11 is 0. The first kappa shape index (κ1) is 13.6. The molecule has 1 saturated carbocycles. The number of esters is 1. The monoisotopic (exact) mass is 250 g/mol. The van der Waals surface area contributed by atoms with Crippen molar-refractivity contribution in [3.8, 4) is 0 Å². The largest absolute Gasteiger partial charge is 0.431 e. The molecule has 2 aliphatic rings. The van der Waals surface area contributed by atoms with E-state index >= 15 is 0 Å². The van der Waals surface area contributed by atoms with Gasteiger partial charge in [0.1, 0.15) is 5.76 Å². The van der Waals surface area contributed by atoms with Gasteiger partial charge in [-0.05, 0) is 37.2 Å². The lowest BCUT2D eigenvalue weighted by Crippen LogP contribution is -2.15. The first-order valence-electron chi connectivity index (χ1n) is 7.63. The zero-order chi connectivity index (χ0) is 13.0. The Morgan fingerprint density at radius 3 is 2.78 bits per heavy atom. The number of hydrogen-bond acceptors (Lipinski definition) is 2. The van der Waals surface area contributed by atoms with Gasteiger partial charge in [-0.15, -0.1) is 0 Å². The van der Waals surface area contributed by atoms with Gasteiger partial charge in [-0.3, -0.25) is 4.79 Å². The molecule has 2 heteroatoms. The lowest BCUT2D eigenvalue weighted by molar-refractivity contribution is -0.144. The maximum atomic E-state index is 12.0. The molecule has 0 heterocycles. The summed E-state index contributed by atoms with van der Waals surface area (Å²) in [6.07, 6.45) is 10.6. The van der Waals surface area contributed by atoms with E-state index in [-0.39, 0.29) is 11.9 Å². The van der Waals surface area contributed by atoms with E-state index < -0.39 is 0 Å². The molecule has 0 aromatic heterocycles. The average molecular weight is 250 g/mol. The van der Waals surface area contributed by atoms with E-state index in [1.807, 2.05) is 6.92 Å². The standard InChI is InChI=1S/C16H26O2/c1-3-4-5-6-7-12(2)16(17)18-15-11-13-8-9-14(15)10-13/h12-13H,3-11H2,1-2H3. The Balaban J connectivity index is 1.71. The molecule has 0 aromatic rings. The second-order valence-corrected chi connectivity index (χ2v) is 6.01. The lowest BCUT2D eigenvalue weighted by Gasteiger charge is -2.15. The second-order valence-electron chi connectivity index (χ2n) is 6.01. The quantitative estimate of drug-likeness (QED) is 0.488. The molecule has 0 spiro atoms. The highest BCUT2D eigenvalue weighted by Gasteiger charge is 2.33. The summed E-state index contributed by atoms with van der Waals surface area (Å²) in [5.74, 6) is 1.87. The van der Waals surface area contributed by atoms with Crippen LogP contribution in [0, 0.1) is 11.8 Å². The van der Waals surface area contributed by atoms with Gasteiger partial charge in [-0.25, -0.2) is 0 Å². The van der Waals surface area contributed by atoms with Crippen LogP contribution < -0.4 is 0 Å². The van der Waals surface area contributed by atoms with Crippen LogP contribution in [0.1, 0.15) is 71.6 Å². The number of allylic oxidation sites excluding steroid dienone is 2. The molecule has 2 unspecified atom stereocenters. The van der Waals surface area contributed by atoms with Crippen LogP contribution in [-0.2, 0) is 9.53 Å². The molecule has 2 atom stereocenters. The van der Waals surface area contributed by atoms with E-state index in [4.69, 9.17) is 4.74 Å². The van der Waals surface area contributed by atoms with Crippen molar-refractivity contribution >= 4 is 5.97 Å². The van der Waals surface area contributed by atoms with Crippen LogP contribution in [0.5, 0.6) is 0 Å². The predicted molar refractivity (Wildman–Crippen MR) is 73.0 cm³/mol. The highest BCUT2D eigenvalue weighted by molar-refractivity contribution is 5.73. The van der Waals surface area contributed by atoms with Crippen molar-refractivity contribution in [2.24, 2.45) is 11.8 Å². The molecule has 0 aliphatic heterocycles. The van der Waals surface area contributed by atoms with Gasteiger partial charge in [0.2, 0.25) is 0 Å². The fraction of sp³-hybridized carbons (Fsp3) is 0.812. The average Bonchev–Trinajstić information content (AvgIpc) is 2.96. The van der Waals surface area contributed by atoms with Crippen molar-refractivity contribution < 1.29 is 9.53 Å². The molecule has 18 heavy (non-hydrogen) atoms. The first-order valence-corrected chi connectivity index (χ1v) is 7.63. The van der Waals surface area contributed by atoms with Crippen molar-refractivity contribution in [1.82, 2.24) is 0 Å². The van der Waals surface area contributed by atoms with Crippen LogP contribution in [0.15, 0.2) is 11.3 Å². The zero-order valence-corrected chi connectivity index (χ0v) is 11.8. The number of carbonyl (C=O) groups excluding carboxylic acids is 1. The Kier molecular flexibility index (Phi) is 4.85. The van der Waals surface area contributed by atoms with Crippen LogP contribution in [0.2, 0.25) is 0 Å². The molecule has 102 valence electrons.